The van der Waals surface area contributed by atoms with Gasteiger partial charge in [-0.05, 0) is 30.5 Å². The van der Waals surface area contributed by atoms with Crippen molar-refractivity contribution in [3.8, 4) is 17.4 Å². The van der Waals surface area contributed by atoms with Crippen molar-refractivity contribution in [2.24, 2.45) is 0 Å². The predicted octanol–water partition coefficient (Wildman–Crippen LogP) is 3.70. The summed E-state index contributed by atoms with van der Waals surface area (Å²) in [5, 5.41) is 13.5. The summed E-state index contributed by atoms with van der Waals surface area (Å²) in [5.74, 6) is 0.527. The van der Waals surface area contributed by atoms with Crippen LogP contribution in [0.15, 0.2) is 38.3 Å². The second-order valence-corrected chi connectivity index (χ2v) is 4.73. The molecule has 0 fully saturated rings. The lowest BCUT2D eigenvalue weighted by Crippen LogP contribution is -1.80. The summed E-state index contributed by atoms with van der Waals surface area (Å²) in [6, 6.07) is 9.69. The number of nitriles is 1. The van der Waals surface area contributed by atoms with E-state index in [0.29, 0.717) is 16.3 Å². The number of hydrogen-bond donors (Lipinski definition) is 0. The van der Waals surface area contributed by atoms with Crippen LogP contribution in [0.1, 0.15) is 5.56 Å². The topological polar surface area (TPSA) is 49.8 Å². The summed E-state index contributed by atoms with van der Waals surface area (Å²) in [6.07, 6.45) is 1.87. The minimum atomic E-state index is 0.495. The Kier molecular flexibility index (Phi) is 3.32. The van der Waals surface area contributed by atoms with Crippen LogP contribution in [-0.4, -0.2) is 11.4 Å². The zero-order valence-corrected chi connectivity index (χ0v) is 10.8. The van der Waals surface area contributed by atoms with Gasteiger partial charge in [0, 0.05) is 10.0 Å². The van der Waals surface area contributed by atoms with Crippen molar-refractivity contribution in [1.29, 1.82) is 5.26 Å². The van der Waals surface area contributed by atoms with Crippen LogP contribution in [0.3, 0.4) is 0 Å². The predicted molar refractivity (Wildman–Crippen MR) is 66.1 cm³/mol. The van der Waals surface area contributed by atoms with Crippen molar-refractivity contribution in [3.63, 3.8) is 0 Å². The van der Waals surface area contributed by atoms with Crippen LogP contribution in [0.25, 0.3) is 11.3 Å². The lowest BCUT2D eigenvalue weighted by atomic mass is 10.1. The van der Waals surface area contributed by atoms with Gasteiger partial charge in [0.05, 0.1) is 0 Å². The second kappa shape index (κ2) is 4.73. The first-order valence-electron chi connectivity index (χ1n) is 4.46. The van der Waals surface area contributed by atoms with Crippen LogP contribution < -0.4 is 0 Å². The molecule has 0 bridgehead atoms. The van der Waals surface area contributed by atoms with E-state index in [0.717, 1.165) is 10.0 Å². The molecule has 0 N–H and O–H groups in total. The van der Waals surface area contributed by atoms with Gasteiger partial charge in [0.2, 0.25) is 0 Å². The Morgan fingerprint density at radius 2 is 2.06 bits per heavy atom. The number of nitrogens with zero attached hydrogens (tertiary/aromatic N) is 2. The van der Waals surface area contributed by atoms with Crippen molar-refractivity contribution in [2.75, 3.05) is 6.26 Å². The van der Waals surface area contributed by atoms with E-state index in [2.05, 4.69) is 27.2 Å². The highest BCUT2D eigenvalue weighted by Crippen LogP contribution is 2.30. The minimum Gasteiger partial charge on any atom is -0.354 e. The number of halogens is 1. The lowest BCUT2D eigenvalue weighted by Gasteiger charge is -1.96. The standard InChI is InChI=1S/C11H7BrN2OS/c1-16-11-9(6-13)10(15-14-11)7-2-4-8(12)5-3-7/h2-5H,1H3. The van der Waals surface area contributed by atoms with Gasteiger partial charge in [0.15, 0.2) is 10.8 Å². The smallest absolute Gasteiger partial charge is 0.185 e. The van der Waals surface area contributed by atoms with Crippen molar-refractivity contribution in [1.82, 2.24) is 5.16 Å². The molecule has 3 nitrogen and oxygen atoms in total. The maximum atomic E-state index is 9.06. The van der Waals surface area contributed by atoms with Crippen LogP contribution in [0.2, 0.25) is 0 Å². The van der Waals surface area contributed by atoms with E-state index in [4.69, 9.17) is 9.78 Å². The van der Waals surface area contributed by atoms with E-state index in [-0.39, 0.29) is 0 Å². The van der Waals surface area contributed by atoms with Crippen LogP contribution >= 0.6 is 27.7 Å². The summed E-state index contributed by atoms with van der Waals surface area (Å²) >= 11 is 4.76. The van der Waals surface area contributed by atoms with Gasteiger partial charge in [-0.15, -0.1) is 11.8 Å². The Hall–Kier alpha value is -1.25. The van der Waals surface area contributed by atoms with Crippen LogP contribution in [0.5, 0.6) is 0 Å². The molecule has 16 heavy (non-hydrogen) atoms. The molecule has 0 spiro atoms. The molecule has 1 aromatic heterocycles. The first kappa shape index (κ1) is 11.2. The summed E-state index contributed by atoms with van der Waals surface area (Å²) in [6.45, 7) is 0. The highest BCUT2D eigenvalue weighted by Gasteiger charge is 2.16. The maximum absolute atomic E-state index is 9.06. The molecule has 0 aliphatic heterocycles. The lowest BCUT2D eigenvalue weighted by molar-refractivity contribution is 0.415. The van der Waals surface area contributed by atoms with E-state index < -0.39 is 0 Å². The Bertz CT molecular complexity index is 542. The Morgan fingerprint density at radius 1 is 1.38 bits per heavy atom. The number of benzene rings is 1. The molecule has 0 atom stereocenters. The molecular formula is C11H7BrN2OS. The van der Waals surface area contributed by atoms with E-state index in [1.807, 2.05) is 30.5 Å². The number of thioether (sulfide) groups is 1. The zero-order valence-electron chi connectivity index (χ0n) is 8.40. The Morgan fingerprint density at radius 3 is 2.62 bits per heavy atom. The average Bonchev–Trinajstić information content (AvgIpc) is 2.72. The Labute approximate surface area is 106 Å². The summed E-state index contributed by atoms with van der Waals surface area (Å²) in [4.78, 5) is 0. The van der Waals surface area contributed by atoms with Gasteiger partial charge in [0.1, 0.15) is 11.6 Å². The maximum Gasteiger partial charge on any atom is 0.185 e. The third-order valence-electron chi connectivity index (χ3n) is 2.07. The highest BCUT2D eigenvalue weighted by atomic mass is 79.9. The molecule has 0 amide bonds. The molecule has 0 saturated heterocycles. The first-order valence-corrected chi connectivity index (χ1v) is 6.47. The molecule has 1 heterocycles. The monoisotopic (exact) mass is 294 g/mol. The SMILES string of the molecule is CSc1noc(-c2ccc(Br)cc2)c1C#N. The highest BCUT2D eigenvalue weighted by molar-refractivity contribution is 9.10. The molecule has 80 valence electrons. The number of rotatable bonds is 2. The van der Waals surface area contributed by atoms with Crippen molar-refractivity contribution in [2.45, 2.75) is 5.03 Å². The van der Waals surface area contributed by atoms with E-state index >= 15 is 0 Å². The van der Waals surface area contributed by atoms with Crippen LogP contribution in [-0.2, 0) is 0 Å². The van der Waals surface area contributed by atoms with Gasteiger partial charge in [-0.2, -0.15) is 5.26 Å². The van der Waals surface area contributed by atoms with Crippen LogP contribution in [0.4, 0.5) is 0 Å². The summed E-state index contributed by atoms with van der Waals surface area (Å²) in [7, 11) is 0. The molecule has 0 saturated carbocycles. The molecule has 0 aliphatic carbocycles. The average molecular weight is 295 g/mol. The van der Waals surface area contributed by atoms with Gasteiger partial charge >= 0.3 is 0 Å². The first-order chi connectivity index (χ1) is 7.76. The third-order valence-corrected chi connectivity index (χ3v) is 3.27. The molecule has 0 aliphatic rings. The van der Waals surface area contributed by atoms with Gasteiger partial charge < -0.3 is 4.52 Å². The molecule has 0 radical (unpaired) electrons. The quantitative estimate of drug-likeness (QED) is 0.793. The largest absolute Gasteiger partial charge is 0.354 e. The van der Waals surface area contributed by atoms with Gasteiger partial charge in [-0.1, -0.05) is 21.1 Å². The van der Waals surface area contributed by atoms with Crippen LogP contribution in [0, 0.1) is 11.3 Å². The van der Waals surface area contributed by atoms with E-state index in [1.54, 1.807) is 0 Å². The molecular weight excluding hydrogens is 288 g/mol. The fraction of sp³-hybridized carbons (Fsp3) is 0.0909. The van der Waals surface area contributed by atoms with E-state index in [9.17, 15) is 0 Å². The normalized spacial score (nSPS) is 10.1. The van der Waals surface area contributed by atoms with Gasteiger partial charge in [-0.3, -0.25) is 0 Å². The van der Waals surface area contributed by atoms with E-state index in [1.165, 1.54) is 11.8 Å². The fourth-order valence-electron chi connectivity index (χ4n) is 1.31. The minimum absolute atomic E-state index is 0.495. The summed E-state index contributed by atoms with van der Waals surface area (Å²) in [5.41, 5.74) is 1.35. The molecule has 0 unspecified atom stereocenters. The molecule has 2 rings (SSSR count). The summed E-state index contributed by atoms with van der Waals surface area (Å²) < 4.78 is 6.18. The zero-order chi connectivity index (χ0) is 11.5. The molecule has 2 aromatic rings. The molecule has 1 aromatic carbocycles. The number of aromatic nitrogens is 1. The third kappa shape index (κ3) is 1.99. The van der Waals surface area contributed by atoms with Gasteiger partial charge in [0.25, 0.3) is 0 Å². The molecule has 5 heteroatoms. The van der Waals surface area contributed by atoms with Crippen molar-refractivity contribution in [3.05, 3.63) is 34.3 Å². The van der Waals surface area contributed by atoms with Gasteiger partial charge in [-0.25, -0.2) is 0 Å². The Balaban J connectivity index is 2.52. The van der Waals surface area contributed by atoms with Crippen molar-refractivity contribution < 1.29 is 4.52 Å². The van der Waals surface area contributed by atoms with Crippen molar-refractivity contribution >= 4 is 27.7 Å². The second-order valence-electron chi connectivity index (χ2n) is 3.01. The number of hydrogen-bond acceptors (Lipinski definition) is 4. The fourth-order valence-corrected chi connectivity index (χ4v) is 2.03.